The average Bonchev–Trinajstić information content (AvgIpc) is 2.46. The van der Waals surface area contributed by atoms with Crippen LogP contribution in [0.1, 0.15) is 52.3 Å². The van der Waals surface area contributed by atoms with Crippen LogP contribution < -0.4 is 5.32 Å². The highest BCUT2D eigenvalue weighted by atomic mass is 15.3. The van der Waals surface area contributed by atoms with Gasteiger partial charge in [0.25, 0.3) is 0 Å². The van der Waals surface area contributed by atoms with Crippen molar-refractivity contribution in [1.29, 1.82) is 0 Å². The smallest absolute Gasteiger partial charge is 0.0572 e. The van der Waals surface area contributed by atoms with Crippen LogP contribution in [0.3, 0.4) is 0 Å². The lowest BCUT2D eigenvalue weighted by atomic mass is 9.97. The van der Waals surface area contributed by atoms with E-state index in [-0.39, 0.29) is 0 Å². The molecule has 0 aromatic carbocycles. The Balaban J connectivity index is 2.08. The van der Waals surface area contributed by atoms with Crippen LogP contribution in [-0.4, -0.2) is 35.1 Å². The Hall–Kier alpha value is -0.930. The average molecular weight is 275 g/mol. The summed E-state index contributed by atoms with van der Waals surface area (Å²) in [7, 11) is 0. The van der Waals surface area contributed by atoms with Gasteiger partial charge in [-0.05, 0) is 37.8 Å². The van der Waals surface area contributed by atoms with Gasteiger partial charge in [0.1, 0.15) is 0 Å². The first kappa shape index (κ1) is 15.5. The third-order valence-electron chi connectivity index (χ3n) is 4.38. The van der Waals surface area contributed by atoms with Crippen LogP contribution in [0.2, 0.25) is 0 Å². The zero-order valence-electron chi connectivity index (χ0n) is 13.3. The van der Waals surface area contributed by atoms with E-state index < -0.39 is 0 Å². The summed E-state index contributed by atoms with van der Waals surface area (Å²) in [5.74, 6) is 0.748. The van der Waals surface area contributed by atoms with E-state index in [1.165, 1.54) is 18.5 Å². The van der Waals surface area contributed by atoms with Crippen molar-refractivity contribution in [2.45, 2.75) is 58.7 Å². The topological polar surface area (TPSA) is 28.2 Å². The van der Waals surface area contributed by atoms with Crippen LogP contribution in [0.4, 0.5) is 0 Å². The zero-order chi connectivity index (χ0) is 14.5. The van der Waals surface area contributed by atoms with Gasteiger partial charge in [-0.1, -0.05) is 26.8 Å². The van der Waals surface area contributed by atoms with E-state index in [9.17, 15) is 0 Å². The van der Waals surface area contributed by atoms with Gasteiger partial charge in [0, 0.05) is 37.4 Å². The van der Waals surface area contributed by atoms with Crippen LogP contribution >= 0.6 is 0 Å². The van der Waals surface area contributed by atoms with Crippen molar-refractivity contribution < 1.29 is 0 Å². The van der Waals surface area contributed by atoms with Gasteiger partial charge in [-0.25, -0.2) is 0 Å². The first-order valence-electron chi connectivity index (χ1n) is 8.01. The van der Waals surface area contributed by atoms with Crippen molar-refractivity contribution in [3.05, 3.63) is 30.1 Å². The Kier molecular flexibility index (Phi) is 5.55. The summed E-state index contributed by atoms with van der Waals surface area (Å²) >= 11 is 0. The van der Waals surface area contributed by atoms with Crippen molar-refractivity contribution in [3.63, 3.8) is 0 Å². The lowest BCUT2D eigenvalue weighted by molar-refractivity contribution is 0.0785. The first-order valence-corrected chi connectivity index (χ1v) is 8.01. The normalized spacial score (nSPS) is 25.9. The van der Waals surface area contributed by atoms with Crippen molar-refractivity contribution in [3.8, 4) is 0 Å². The Morgan fingerprint density at radius 3 is 2.75 bits per heavy atom. The minimum absolute atomic E-state index is 0.401. The second-order valence-corrected chi connectivity index (χ2v) is 6.42. The fourth-order valence-corrected chi connectivity index (χ4v) is 3.26. The van der Waals surface area contributed by atoms with Gasteiger partial charge in [-0.3, -0.25) is 9.88 Å². The summed E-state index contributed by atoms with van der Waals surface area (Å²) in [5, 5.41) is 3.73. The molecule has 2 rings (SSSR count). The predicted molar refractivity (Wildman–Crippen MR) is 84.7 cm³/mol. The molecule has 0 spiro atoms. The molecule has 1 aliphatic heterocycles. The number of rotatable bonds is 5. The monoisotopic (exact) mass is 275 g/mol. The Labute approximate surface area is 123 Å². The summed E-state index contributed by atoms with van der Waals surface area (Å²) in [6.07, 6.45) is 4.35. The highest BCUT2D eigenvalue weighted by Crippen LogP contribution is 2.25. The van der Waals surface area contributed by atoms with E-state index in [0.717, 1.165) is 19.0 Å². The summed E-state index contributed by atoms with van der Waals surface area (Å²) in [5.41, 5.74) is 1.19. The molecule has 1 aliphatic rings. The van der Waals surface area contributed by atoms with E-state index in [2.05, 4.69) is 55.0 Å². The van der Waals surface area contributed by atoms with E-state index in [1.54, 1.807) is 0 Å². The van der Waals surface area contributed by atoms with Gasteiger partial charge >= 0.3 is 0 Å². The van der Waals surface area contributed by atoms with Gasteiger partial charge in [0.2, 0.25) is 0 Å². The Morgan fingerprint density at radius 2 is 2.15 bits per heavy atom. The number of piperazine rings is 1. The maximum absolute atomic E-state index is 4.55. The molecule has 1 aromatic rings. The lowest BCUT2D eigenvalue weighted by Gasteiger charge is -2.43. The van der Waals surface area contributed by atoms with Crippen LogP contribution in [-0.2, 0) is 0 Å². The third-order valence-corrected chi connectivity index (χ3v) is 4.38. The van der Waals surface area contributed by atoms with Crippen LogP contribution in [0, 0.1) is 5.92 Å². The van der Waals surface area contributed by atoms with Crippen molar-refractivity contribution in [1.82, 2.24) is 15.2 Å². The maximum Gasteiger partial charge on any atom is 0.0572 e. The molecule has 2 heterocycles. The first-order chi connectivity index (χ1) is 9.61. The number of aromatic nitrogens is 1. The summed E-state index contributed by atoms with van der Waals surface area (Å²) in [6, 6.07) is 7.87. The molecule has 3 heteroatoms. The minimum atomic E-state index is 0.401. The van der Waals surface area contributed by atoms with Gasteiger partial charge < -0.3 is 5.32 Å². The molecule has 1 aromatic heterocycles. The SMILES string of the molecule is CCC1CNC(CC(C)C)CN1C(C)c1ccccn1. The van der Waals surface area contributed by atoms with Crippen molar-refractivity contribution in [2.75, 3.05) is 13.1 Å². The molecule has 3 atom stereocenters. The lowest BCUT2D eigenvalue weighted by Crippen LogP contribution is -2.57. The van der Waals surface area contributed by atoms with Gasteiger partial charge in [-0.15, -0.1) is 0 Å². The van der Waals surface area contributed by atoms with E-state index in [0.29, 0.717) is 18.1 Å². The molecule has 0 amide bonds. The molecule has 112 valence electrons. The number of nitrogens with one attached hydrogen (secondary N) is 1. The molecular formula is C17H29N3. The highest BCUT2D eigenvalue weighted by molar-refractivity contribution is 5.09. The number of hydrogen-bond acceptors (Lipinski definition) is 3. The van der Waals surface area contributed by atoms with Crippen LogP contribution in [0.5, 0.6) is 0 Å². The number of pyridine rings is 1. The minimum Gasteiger partial charge on any atom is -0.311 e. The zero-order valence-corrected chi connectivity index (χ0v) is 13.3. The van der Waals surface area contributed by atoms with Gasteiger partial charge in [0.05, 0.1) is 5.69 Å². The highest BCUT2D eigenvalue weighted by Gasteiger charge is 2.31. The largest absolute Gasteiger partial charge is 0.311 e. The molecule has 1 N–H and O–H groups in total. The number of nitrogens with zero attached hydrogens (tertiary/aromatic N) is 2. The molecule has 0 bridgehead atoms. The third kappa shape index (κ3) is 3.80. The molecule has 0 aliphatic carbocycles. The second kappa shape index (κ2) is 7.19. The van der Waals surface area contributed by atoms with Gasteiger partial charge in [-0.2, -0.15) is 0 Å². The van der Waals surface area contributed by atoms with Crippen LogP contribution in [0.25, 0.3) is 0 Å². The molecule has 1 saturated heterocycles. The molecule has 3 nitrogen and oxygen atoms in total. The van der Waals surface area contributed by atoms with Crippen LogP contribution in [0.15, 0.2) is 24.4 Å². The fraction of sp³-hybridized carbons (Fsp3) is 0.706. The maximum atomic E-state index is 4.55. The molecule has 3 unspecified atom stereocenters. The molecule has 0 saturated carbocycles. The van der Waals surface area contributed by atoms with E-state index in [4.69, 9.17) is 0 Å². The van der Waals surface area contributed by atoms with Gasteiger partial charge in [0.15, 0.2) is 0 Å². The second-order valence-electron chi connectivity index (χ2n) is 6.42. The predicted octanol–water partition coefficient (Wildman–Crippen LogP) is 3.24. The Bertz CT molecular complexity index is 390. The summed E-state index contributed by atoms with van der Waals surface area (Å²) in [4.78, 5) is 7.19. The van der Waals surface area contributed by atoms with E-state index >= 15 is 0 Å². The standard InChI is InChI=1S/C17H29N3/c1-5-16-11-19-15(10-13(2)3)12-20(16)14(4)17-8-6-7-9-18-17/h6-9,13-16,19H,5,10-12H2,1-4H3. The quantitative estimate of drug-likeness (QED) is 0.894. The molecule has 1 fully saturated rings. The summed E-state index contributed by atoms with van der Waals surface area (Å²) < 4.78 is 0. The number of hydrogen-bond donors (Lipinski definition) is 1. The Morgan fingerprint density at radius 1 is 1.35 bits per heavy atom. The van der Waals surface area contributed by atoms with Crippen molar-refractivity contribution in [2.24, 2.45) is 5.92 Å². The fourth-order valence-electron chi connectivity index (χ4n) is 3.26. The summed E-state index contributed by atoms with van der Waals surface area (Å²) in [6.45, 7) is 11.4. The molecule has 20 heavy (non-hydrogen) atoms. The van der Waals surface area contributed by atoms with Crippen molar-refractivity contribution >= 4 is 0 Å². The molecule has 0 radical (unpaired) electrons. The van der Waals surface area contributed by atoms with E-state index in [1.807, 2.05) is 12.3 Å². The molecular weight excluding hydrogens is 246 g/mol.